The Morgan fingerprint density at radius 2 is 1.90 bits per heavy atom. The molecule has 0 fully saturated rings. The van der Waals surface area contributed by atoms with Crippen LogP contribution in [0.1, 0.15) is 19.5 Å². The van der Waals surface area contributed by atoms with Crippen LogP contribution in [0.15, 0.2) is 64.9 Å². The SMILES string of the molecule is CC(C)[C@@H](NS(=O)(=O)c1cccc(Cl)c1)C(=O)OCc1csc(-c2ccccc2)n1. The number of ether oxygens (including phenoxy) is 1. The van der Waals surface area contributed by atoms with Gasteiger partial charge in [-0.05, 0) is 24.1 Å². The predicted molar refractivity (Wildman–Crippen MR) is 118 cm³/mol. The van der Waals surface area contributed by atoms with Gasteiger partial charge in [-0.15, -0.1) is 11.3 Å². The van der Waals surface area contributed by atoms with Crippen molar-refractivity contribution in [2.24, 2.45) is 5.92 Å². The van der Waals surface area contributed by atoms with Crippen molar-refractivity contribution in [3.8, 4) is 10.6 Å². The van der Waals surface area contributed by atoms with Gasteiger partial charge in [0.2, 0.25) is 10.0 Å². The van der Waals surface area contributed by atoms with Crippen molar-refractivity contribution in [2.45, 2.75) is 31.4 Å². The van der Waals surface area contributed by atoms with Crippen LogP contribution in [0, 0.1) is 5.92 Å². The van der Waals surface area contributed by atoms with E-state index in [1.807, 2.05) is 35.7 Å². The second kappa shape index (κ2) is 9.70. The normalized spacial score (nSPS) is 12.7. The van der Waals surface area contributed by atoms with Crippen molar-refractivity contribution >= 4 is 38.9 Å². The first-order chi connectivity index (χ1) is 14.3. The van der Waals surface area contributed by atoms with E-state index in [4.69, 9.17) is 16.3 Å². The molecule has 30 heavy (non-hydrogen) atoms. The first-order valence-corrected chi connectivity index (χ1v) is 11.9. The molecule has 1 N–H and O–H groups in total. The lowest BCUT2D eigenvalue weighted by Crippen LogP contribution is -2.45. The highest BCUT2D eigenvalue weighted by Crippen LogP contribution is 2.24. The van der Waals surface area contributed by atoms with Crippen molar-refractivity contribution in [3.05, 3.63) is 70.7 Å². The lowest BCUT2D eigenvalue weighted by Gasteiger charge is -2.20. The summed E-state index contributed by atoms with van der Waals surface area (Å²) in [5, 5.41) is 2.93. The van der Waals surface area contributed by atoms with Crippen LogP contribution >= 0.6 is 22.9 Å². The van der Waals surface area contributed by atoms with Gasteiger partial charge in [0.1, 0.15) is 17.7 Å². The summed E-state index contributed by atoms with van der Waals surface area (Å²) in [6, 6.07) is 14.5. The van der Waals surface area contributed by atoms with Crippen molar-refractivity contribution in [2.75, 3.05) is 0 Å². The van der Waals surface area contributed by atoms with E-state index >= 15 is 0 Å². The number of carbonyl (C=O) groups excluding carboxylic acids is 1. The van der Waals surface area contributed by atoms with Gasteiger partial charge in [-0.3, -0.25) is 4.79 Å². The predicted octanol–water partition coefficient (Wildman–Crippen LogP) is 4.51. The zero-order valence-corrected chi connectivity index (χ0v) is 18.8. The largest absolute Gasteiger partial charge is 0.458 e. The quantitative estimate of drug-likeness (QED) is 0.496. The maximum atomic E-state index is 12.6. The molecule has 0 unspecified atom stereocenters. The van der Waals surface area contributed by atoms with Gasteiger partial charge in [0, 0.05) is 16.0 Å². The van der Waals surface area contributed by atoms with Gasteiger partial charge in [0.05, 0.1) is 10.6 Å². The summed E-state index contributed by atoms with van der Waals surface area (Å²) in [4.78, 5) is 17.1. The van der Waals surface area contributed by atoms with Crippen LogP contribution < -0.4 is 4.72 Å². The number of benzene rings is 2. The third-order valence-electron chi connectivity index (χ3n) is 4.24. The Hall–Kier alpha value is -2.26. The minimum Gasteiger partial charge on any atom is -0.458 e. The lowest BCUT2D eigenvalue weighted by molar-refractivity contribution is -0.148. The fourth-order valence-corrected chi connectivity index (χ4v) is 5.09. The Kier molecular flexibility index (Phi) is 7.25. The lowest BCUT2D eigenvalue weighted by atomic mass is 10.1. The molecule has 0 aliphatic heterocycles. The summed E-state index contributed by atoms with van der Waals surface area (Å²) in [6.07, 6.45) is 0. The van der Waals surface area contributed by atoms with Gasteiger partial charge in [0.15, 0.2) is 0 Å². The Labute approximate surface area is 184 Å². The minimum absolute atomic E-state index is 0.0135. The number of sulfonamides is 1. The maximum absolute atomic E-state index is 12.6. The van der Waals surface area contributed by atoms with E-state index in [1.54, 1.807) is 19.9 Å². The molecule has 3 aromatic rings. The van der Waals surface area contributed by atoms with Crippen LogP contribution in [0.25, 0.3) is 10.6 Å². The molecular weight excluding hydrogens is 444 g/mol. The number of nitrogens with zero attached hydrogens (tertiary/aromatic N) is 1. The van der Waals surface area contributed by atoms with Crippen LogP contribution in [0.2, 0.25) is 5.02 Å². The van der Waals surface area contributed by atoms with E-state index in [-0.39, 0.29) is 17.4 Å². The average Bonchev–Trinajstić information content (AvgIpc) is 3.20. The number of hydrogen-bond acceptors (Lipinski definition) is 6. The van der Waals surface area contributed by atoms with Crippen molar-refractivity contribution in [1.82, 2.24) is 9.71 Å². The van der Waals surface area contributed by atoms with E-state index in [9.17, 15) is 13.2 Å². The van der Waals surface area contributed by atoms with E-state index < -0.39 is 22.0 Å². The molecular formula is C21H21ClN2O4S2. The molecule has 0 aliphatic carbocycles. The molecule has 0 spiro atoms. The monoisotopic (exact) mass is 464 g/mol. The highest BCUT2D eigenvalue weighted by atomic mass is 35.5. The molecule has 0 bridgehead atoms. The molecule has 0 saturated carbocycles. The van der Waals surface area contributed by atoms with E-state index in [2.05, 4.69) is 9.71 Å². The number of esters is 1. The summed E-state index contributed by atoms with van der Waals surface area (Å²) in [6.45, 7) is 3.44. The van der Waals surface area contributed by atoms with Gasteiger partial charge in [0.25, 0.3) is 0 Å². The molecule has 1 atom stereocenters. The maximum Gasteiger partial charge on any atom is 0.324 e. The van der Waals surface area contributed by atoms with Crippen LogP contribution in [-0.2, 0) is 26.2 Å². The third kappa shape index (κ3) is 5.66. The van der Waals surface area contributed by atoms with Gasteiger partial charge in [-0.25, -0.2) is 13.4 Å². The van der Waals surface area contributed by atoms with Crippen molar-refractivity contribution in [3.63, 3.8) is 0 Å². The number of aromatic nitrogens is 1. The number of rotatable bonds is 8. The highest BCUT2D eigenvalue weighted by molar-refractivity contribution is 7.89. The van der Waals surface area contributed by atoms with E-state index in [0.29, 0.717) is 10.7 Å². The zero-order valence-electron chi connectivity index (χ0n) is 16.4. The number of halogens is 1. The standard InChI is InChI=1S/C21H21ClN2O4S2/c1-14(2)19(24-30(26,27)18-10-6-9-16(22)11-18)21(25)28-12-17-13-29-20(23-17)15-7-4-3-5-8-15/h3-11,13-14,19,24H,12H2,1-2H3/t19-/m1/s1. The van der Waals surface area contributed by atoms with Crippen LogP contribution in [0.5, 0.6) is 0 Å². The second-order valence-corrected chi connectivity index (χ2v) is 9.93. The Bertz CT molecular complexity index is 1110. The molecule has 1 heterocycles. The fraction of sp³-hybridized carbons (Fsp3) is 0.238. The Morgan fingerprint density at radius 1 is 1.17 bits per heavy atom. The van der Waals surface area contributed by atoms with Gasteiger partial charge in [-0.2, -0.15) is 4.72 Å². The third-order valence-corrected chi connectivity index (χ3v) is 6.86. The second-order valence-electron chi connectivity index (χ2n) is 6.92. The highest BCUT2D eigenvalue weighted by Gasteiger charge is 2.30. The number of nitrogens with one attached hydrogen (secondary N) is 1. The Balaban J connectivity index is 1.67. The van der Waals surface area contributed by atoms with Gasteiger partial charge < -0.3 is 4.74 Å². The minimum atomic E-state index is -3.94. The molecule has 1 aromatic heterocycles. The van der Waals surface area contributed by atoms with Crippen molar-refractivity contribution in [1.29, 1.82) is 0 Å². The van der Waals surface area contributed by atoms with E-state index in [1.165, 1.54) is 29.5 Å². The topological polar surface area (TPSA) is 85.4 Å². The Morgan fingerprint density at radius 3 is 2.57 bits per heavy atom. The fourth-order valence-electron chi connectivity index (χ4n) is 2.65. The molecule has 158 valence electrons. The average molecular weight is 465 g/mol. The molecule has 0 amide bonds. The number of thiazole rings is 1. The molecule has 0 radical (unpaired) electrons. The molecule has 0 saturated heterocycles. The first kappa shape index (κ1) is 22.4. The number of hydrogen-bond donors (Lipinski definition) is 1. The van der Waals surface area contributed by atoms with Crippen LogP contribution in [0.4, 0.5) is 0 Å². The molecule has 2 aromatic carbocycles. The number of carbonyl (C=O) groups is 1. The summed E-state index contributed by atoms with van der Waals surface area (Å²) in [7, 11) is -3.94. The summed E-state index contributed by atoms with van der Waals surface area (Å²) in [5.74, 6) is -0.980. The van der Waals surface area contributed by atoms with E-state index in [0.717, 1.165) is 10.6 Å². The molecule has 6 nitrogen and oxygen atoms in total. The van der Waals surface area contributed by atoms with Crippen molar-refractivity contribution < 1.29 is 17.9 Å². The zero-order chi connectivity index (χ0) is 21.7. The van der Waals surface area contributed by atoms with Crippen LogP contribution in [-0.4, -0.2) is 25.4 Å². The van der Waals surface area contributed by atoms with Gasteiger partial charge >= 0.3 is 5.97 Å². The molecule has 0 aliphatic rings. The molecule has 9 heteroatoms. The smallest absolute Gasteiger partial charge is 0.324 e. The summed E-state index contributed by atoms with van der Waals surface area (Å²) in [5.41, 5.74) is 1.59. The van der Waals surface area contributed by atoms with Crippen LogP contribution in [0.3, 0.4) is 0 Å². The first-order valence-electron chi connectivity index (χ1n) is 9.20. The molecule has 3 rings (SSSR count). The summed E-state index contributed by atoms with van der Waals surface area (Å²) < 4.78 is 33.1. The summed E-state index contributed by atoms with van der Waals surface area (Å²) >= 11 is 7.34. The van der Waals surface area contributed by atoms with Gasteiger partial charge in [-0.1, -0.05) is 61.8 Å².